The number of carbonyl (C=O) groups excluding carboxylic acids is 2. The molecule has 2 aliphatic carbocycles. The van der Waals surface area contributed by atoms with Gasteiger partial charge in [0.1, 0.15) is 0 Å². The number of hydrogen-bond donors (Lipinski definition) is 2. The summed E-state index contributed by atoms with van der Waals surface area (Å²) in [7, 11) is 3.45. The molecule has 3 rings (SSSR count). The lowest BCUT2D eigenvalue weighted by atomic mass is 9.85. The van der Waals surface area contributed by atoms with Crippen LogP contribution in [0.2, 0.25) is 0 Å². The Kier molecular flexibility index (Phi) is 4.90. The number of rotatable bonds is 3. The first-order valence-electron chi connectivity index (χ1n) is 7.09. The molecule has 116 valence electrons. The van der Waals surface area contributed by atoms with Gasteiger partial charge in [-0.25, -0.2) is 0 Å². The highest BCUT2D eigenvalue weighted by atomic mass is 127. The van der Waals surface area contributed by atoms with Gasteiger partial charge >= 0.3 is 0 Å². The predicted molar refractivity (Wildman–Crippen MR) is 90.3 cm³/mol. The summed E-state index contributed by atoms with van der Waals surface area (Å²) in [4.78, 5) is 30.2. The van der Waals surface area contributed by atoms with Crippen LogP contribution in [0, 0.1) is 23.7 Å². The summed E-state index contributed by atoms with van der Waals surface area (Å²) in [6, 6.07) is 0. The molecule has 2 fully saturated rings. The number of halogens is 1. The fourth-order valence-corrected chi connectivity index (χ4v) is 3.75. The summed E-state index contributed by atoms with van der Waals surface area (Å²) in [5.41, 5.74) is 0. The van der Waals surface area contributed by atoms with Crippen LogP contribution in [0.4, 0.5) is 0 Å². The van der Waals surface area contributed by atoms with Gasteiger partial charge in [0, 0.05) is 27.2 Å². The van der Waals surface area contributed by atoms with Crippen LogP contribution in [0.15, 0.2) is 17.1 Å². The molecular weight excluding hydrogens is 383 g/mol. The Morgan fingerprint density at radius 1 is 1.29 bits per heavy atom. The third kappa shape index (κ3) is 2.56. The van der Waals surface area contributed by atoms with Crippen molar-refractivity contribution in [3.8, 4) is 0 Å². The van der Waals surface area contributed by atoms with Crippen LogP contribution >= 0.6 is 24.0 Å². The Balaban J connectivity index is 0.00000161. The van der Waals surface area contributed by atoms with Crippen molar-refractivity contribution in [1.29, 1.82) is 0 Å². The van der Waals surface area contributed by atoms with Crippen LogP contribution in [0.25, 0.3) is 0 Å². The van der Waals surface area contributed by atoms with Gasteiger partial charge in [-0.1, -0.05) is 12.2 Å². The average Bonchev–Trinajstić information content (AvgIpc) is 3.12. The van der Waals surface area contributed by atoms with Crippen molar-refractivity contribution < 1.29 is 9.59 Å². The van der Waals surface area contributed by atoms with Crippen molar-refractivity contribution in [2.45, 2.75) is 6.42 Å². The van der Waals surface area contributed by atoms with E-state index in [1.54, 1.807) is 14.1 Å². The van der Waals surface area contributed by atoms with Crippen LogP contribution < -0.4 is 10.6 Å². The van der Waals surface area contributed by atoms with E-state index in [9.17, 15) is 9.59 Å². The zero-order chi connectivity index (χ0) is 14.3. The van der Waals surface area contributed by atoms with Gasteiger partial charge in [-0.3, -0.25) is 19.5 Å². The molecular formula is C14H21IN4O2. The quantitative estimate of drug-likeness (QED) is 0.232. The summed E-state index contributed by atoms with van der Waals surface area (Å²) in [5.74, 6) is 1.05. The number of nitrogens with zero attached hydrogens (tertiary/aromatic N) is 2. The maximum absolute atomic E-state index is 12.4. The third-order valence-electron chi connectivity index (χ3n) is 4.65. The molecule has 1 heterocycles. The first kappa shape index (κ1) is 16.3. The fourth-order valence-electron chi connectivity index (χ4n) is 3.75. The van der Waals surface area contributed by atoms with Gasteiger partial charge in [-0.2, -0.15) is 0 Å². The molecule has 6 nitrogen and oxygen atoms in total. The first-order valence-corrected chi connectivity index (χ1v) is 7.09. The van der Waals surface area contributed by atoms with E-state index in [1.807, 2.05) is 0 Å². The van der Waals surface area contributed by atoms with E-state index < -0.39 is 0 Å². The van der Waals surface area contributed by atoms with E-state index in [0.29, 0.717) is 19.0 Å². The normalized spacial score (nSPS) is 33.2. The second-order valence-electron chi connectivity index (χ2n) is 5.58. The summed E-state index contributed by atoms with van der Waals surface area (Å²) in [5, 5.41) is 5.97. The summed E-state index contributed by atoms with van der Waals surface area (Å²) < 4.78 is 0. The number of likely N-dealkylation sites (tertiary alicyclic amines) is 1. The first-order chi connectivity index (χ1) is 9.67. The SMILES string of the molecule is CN=C(NC)NCCN1C(=O)C2C3C=CC(C3)C2C1=O.I. The minimum absolute atomic E-state index is 0. The second kappa shape index (κ2) is 6.33. The molecule has 7 heteroatoms. The van der Waals surface area contributed by atoms with E-state index in [1.165, 1.54) is 4.90 Å². The van der Waals surface area contributed by atoms with Crippen LogP contribution in [-0.2, 0) is 9.59 Å². The van der Waals surface area contributed by atoms with E-state index in [4.69, 9.17) is 0 Å². The maximum Gasteiger partial charge on any atom is 0.233 e. The number of hydrogen-bond acceptors (Lipinski definition) is 3. The number of amides is 2. The standard InChI is InChI=1S/C14H20N4O2.HI/c1-15-14(16-2)17-5-6-18-12(19)10-8-3-4-9(7-8)11(10)13(18)20;/h3-4,8-11H,5-7H2,1-2H3,(H2,15,16,17);1H. The monoisotopic (exact) mass is 404 g/mol. The molecule has 21 heavy (non-hydrogen) atoms. The van der Waals surface area contributed by atoms with Crippen LogP contribution in [0.5, 0.6) is 0 Å². The Bertz CT molecular complexity index is 475. The van der Waals surface area contributed by atoms with Crippen molar-refractivity contribution in [2.24, 2.45) is 28.7 Å². The minimum Gasteiger partial charge on any atom is -0.359 e. The Morgan fingerprint density at radius 3 is 2.33 bits per heavy atom. The van der Waals surface area contributed by atoms with Crippen molar-refractivity contribution in [3.05, 3.63) is 12.2 Å². The van der Waals surface area contributed by atoms with Crippen LogP contribution in [0.1, 0.15) is 6.42 Å². The zero-order valence-electron chi connectivity index (χ0n) is 12.2. The van der Waals surface area contributed by atoms with Gasteiger partial charge in [0.25, 0.3) is 0 Å². The molecule has 2 N–H and O–H groups in total. The largest absolute Gasteiger partial charge is 0.359 e. The summed E-state index contributed by atoms with van der Waals surface area (Å²) in [6.45, 7) is 0.929. The van der Waals surface area contributed by atoms with Gasteiger partial charge < -0.3 is 10.6 Å². The number of allylic oxidation sites excluding steroid dienone is 2. The smallest absolute Gasteiger partial charge is 0.233 e. The van der Waals surface area contributed by atoms with E-state index >= 15 is 0 Å². The number of aliphatic imine (C=N–C) groups is 1. The van der Waals surface area contributed by atoms with Crippen LogP contribution in [-0.4, -0.2) is 49.9 Å². The number of imide groups is 1. The average molecular weight is 404 g/mol. The van der Waals surface area contributed by atoms with E-state index in [-0.39, 0.29) is 59.5 Å². The molecule has 4 atom stereocenters. The highest BCUT2D eigenvalue weighted by Crippen LogP contribution is 2.52. The molecule has 0 spiro atoms. The van der Waals surface area contributed by atoms with Gasteiger partial charge in [-0.15, -0.1) is 24.0 Å². The Labute approximate surface area is 141 Å². The number of fused-ring (bicyclic) bond motifs is 5. The lowest BCUT2D eigenvalue weighted by molar-refractivity contribution is -0.140. The molecule has 0 aromatic heterocycles. The van der Waals surface area contributed by atoms with Crippen molar-refractivity contribution in [3.63, 3.8) is 0 Å². The van der Waals surface area contributed by atoms with Gasteiger partial charge in [-0.05, 0) is 18.3 Å². The minimum atomic E-state index is -0.0962. The molecule has 1 saturated heterocycles. The maximum atomic E-state index is 12.4. The zero-order valence-corrected chi connectivity index (χ0v) is 14.5. The molecule has 0 aromatic rings. The van der Waals surface area contributed by atoms with Crippen molar-refractivity contribution in [1.82, 2.24) is 15.5 Å². The predicted octanol–water partition coefficient (Wildman–Crippen LogP) is 0.206. The topological polar surface area (TPSA) is 73.8 Å². The highest BCUT2D eigenvalue weighted by Gasteiger charge is 2.58. The van der Waals surface area contributed by atoms with E-state index in [0.717, 1.165) is 6.42 Å². The van der Waals surface area contributed by atoms with Gasteiger partial charge in [0.05, 0.1) is 11.8 Å². The molecule has 2 amide bonds. The van der Waals surface area contributed by atoms with E-state index in [2.05, 4.69) is 27.8 Å². The molecule has 3 aliphatic rings. The highest BCUT2D eigenvalue weighted by molar-refractivity contribution is 14.0. The molecule has 2 bridgehead atoms. The fraction of sp³-hybridized carbons (Fsp3) is 0.643. The van der Waals surface area contributed by atoms with Crippen molar-refractivity contribution >= 4 is 41.8 Å². The molecule has 4 unspecified atom stereocenters. The lowest BCUT2D eigenvalue weighted by Gasteiger charge is -2.18. The van der Waals surface area contributed by atoms with Gasteiger partial charge in [0.2, 0.25) is 11.8 Å². The molecule has 0 radical (unpaired) electrons. The second-order valence-corrected chi connectivity index (χ2v) is 5.58. The summed E-state index contributed by atoms with van der Waals surface area (Å²) in [6.07, 6.45) is 5.20. The van der Waals surface area contributed by atoms with Gasteiger partial charge in [0.15, 0.2) is 5.96 Å². The molecule has 0 aromatic carbocycles. The number of carbonyl (C=O) groups is 2. The number of nitrogens with one attached hydrogen (secondary N) is 2. The van der Waals surface area contributed by atoms with Crippen molar-refractivity contribution in [2.75, 3.05) is 27.2 Å². The Hall–Kier alpha value is -1.12. The van der Waals surface area contributed by atoms with Crippen LogP contribution in [0.3, 0.4) is 0 Å². The molecule has 1 aliphatic heterocycles. The summed E-state index contributed by atoms with van der Waals surface area (Å²) >= 11 is 0. The third-order valence-corrected chi connectivity index (χ3v) is 4.65. The lowest BCUT2D eigenvalue weighted by Crippen LogP contribution is -2.42. The number of guanidine groups is 1. The Morgan fingerprint density at radius 2 is 1.86 bits per heavy atom. The molecule has 1 saturated carbocycles.